The Hall–Kier alpha value is -2.94. The number of benzene rings is 3. The highest BCUT2D eigenvalue weighted by Gasteiger charge is 2.27. The van der Waals surface area contributed by atoms with Crippen LogP contribution in [0.3, 0.4) is 0 Å². The summed E-state index contributed by atoms with van der Waals surface area (Å²) >= 11 is 12.2. The molecule has 0 radical (unpaired) electrons. The molecule has 0 saturated heterocycles. The van der Waals surface area contributed by atoms with Crippen LogP contribution in [0, 0.1) is 6.92 Å². The van der Waals surface area contributed by atoms with Crippen molar-refractivity contribution in [2.24, 2.45) is 0 Å². The van der Waals surface area contributed by atoms with E-state index < -0.39 is 22.5 Å². The van der Waals surface area contributed by atoms with Gasteiger partial charge in [-0.3, -0.25) is 9.10 Å². The number of hydrogen-bond donors (Lipinski definition) is 1. The summed E-state index contributed by atoms with van der Waals surface area (Å²) < 4.78 is 38.7. The molecule has 3 aromatic rings. The minimum absolute atomic E-state index is 0.0431. The molecule has 0 atom stereocenters. The van der Waals surface area contributed by atoms with Gasteiger partial charge in [0, 0.05) is 10.0 Å². The number of sulfonamides is 1. The van der Waals surface area contributed by atoms with Crippen molar-refractivity contribution in [2.75, 3.05) is 31.1 Å². The lowest BCUT2D eigenvalue weighted by atomic mass is 10.2. The van der Waals surface area contributed by atoms with E-state index in [0.29, 0.717) is 11.5 Å². The largest absolute Gasteiger partial charge is 0.493 e. The summed E-state index contributed by atoms with van der Waals surface area (Å²) in [4.78, 5) is 12.7. The van der Waals surface area contributed by atoms with Crippen molar-refractivity contribution in [3.63, 3.8) is 0 Å². The number of anilines is 1. The molecule has 0 bridgehead atoms. The Morgan fingerprint density at radius 3 is 2.21 bits per heavy atom. The minimum Gasteiger partial charge on any atom is -0.493 e. The Labute approximate surface area is 209 Å². The summed E-state index contributed by atoms with van der Waals surface area (Å²) in [5.74, 6) is 0.592. The fourth-order valence-electron chi connectivity index (χ4n) is 3.11. The van der Waals surface area contributed by atoms with Gasteiger partial charge in [-0.1, -0.05) is 53.0 Å². The van der Waals surface area contributed by atoms with Crippen LogP contribution in [0.4, 0.5) is 5.69 Å². The van der Waals surface area contributed by atoms with Gasteiger partial charge in [-0.2, -0.15) is 0 Å². The molecular weight excluding hydrogens is 499 g/mol. The van der Waals surface area contributed by atoms with E-state index in [1.807, 2.05) is 13.0 Å². The van der Waals surface area contributed by atoms with Crippen LogP contribution in [0.2, 0.25) is 10.0 Å². The van der Waals surface area contributed by atoms with E-state index in [1.54, 1.807) is 30.3 Å². The molecule has 0 saturated carbocycles. The fourth-order valence-corrected chi connectivity index (χ4v) is 5.03. The summed E-state index contributed by atoms with van der Waals surface area (Å²) in [5.41, 5.74) is 1.09. The van der Waals surface area contributed by atoms with Gasteiger partial charge >= 0.3 is 0 Å². The lowest BCUT2D eigenvalue weighted by Crippen LogP contribution is -2.42. The number of methoxy groups -OCH3 is 1. The molecular formula is C24H24Cl2N2O5S. The molecule has 0 aliphatic heterocycles. The van der Waals surface area contributed by atoms with Gasteiger partial charge in [-0.15, -0.1) is 0 Å². The van der Waals surface area contributed by atoms with Gasteiger partial charge < -0.3 is 14.8 Å². The average molecular weight is 523 g/mol. The van der Waals surface area contributed by atoms with Gasteiger partial charge in [0.15, 0.2) is 11.5 Å². The Morgan fingerprint density at radius 2 is 1.59 bits per heavy atom. The van der Waals surface area contributed by atoms with Crippen molar-refractivity contribution in [1.29, 1.82) is 0 Å². The third-order valence-electron chi connectivity index (χ3n) is 4.78. The number of rotatable bonds is 10. The van der Waals surface area contributed by atoms with Crippen LogP contribution in [-0.4, -0.2) is 41.1 Å². The first-order valence-corrected chi connectivity index (χ1v) is 12.5. The van der Waals surface area contributed by atoms with Crippen LogP contribution < -0.4 is 19.1 Å². The van der Waals surface area contributed by atoms with Crippen LogP contribution in [0.15, 0.2) is 71.6 Å². The third-order valence-corrected chi connectivity index (χ3v) is 7.01. The molecule has 0 aliphatic rings. The molecule has 7 nitrogen and oxygen atoms in total. The van der Waals surface area contributed by atoms with Crippen molar-refractivity contribution in [1.82, 2.24) is 5.32 Å². The summed E-state index contributed by atoms with van der Waals surface area (Å²) in [6.45, 7) is 1.71. The van der Waals surface area contributed by atoms with Crippen LogP contribution in [-0.2, 0) is 14.8 Å². The molecule has 0 spiro atoms. The van der Waals surface area contributed by atoms with E-state index in [9.17, 15) is 13.2 Å². The quantitative estimate of drug-likeness (QED) is 0.390. The number of carbonyl (C=O) groups is 1. The second kappa shape index (κ2) is 11.5. The lowest BCUT2D eigenvalue weighted by molar-refractivity contribution is -0.119. The Morgan fingerprint density at radius 1 is 0.971 bits per heavy atom. The Balaban J connectivity index is 1.74. The van der Waals surface area contributed by atoms with Gasteiger partial charge in [-0.05, 0) is 49.4 Å². The zero-order valence-electron chi connectivity index (χ0n) is 18.6. The van der Waals surface area contributed by atoms with Crippen LogP contribution >= 0.6 is 23.2 Å². The van der Waals surface area contributed by atoms with Gasteiger partial charge in [0.05, 0.1) is 24.2 Å². The van der Waals surface area contributed by atoms with Crippen molar-refractivity contribution < 1.29 is 22.7 Å². The zero-order chi connectivity index (χ0) is 24.7. The molecule has 0 aromatic heterocycles. The van der Waals surface area contributed by atoms with Gasteiger partial charge in [0.2, 0.25) is 5.91 Å². The Bertz CT molecular complexity index is 1230. The maximum atomic E-state index is 13.4. The van der Waals surface area contributed by atoms with E-state index >= 15 is 0 Å². The standard InChI is InChI=1S/C24H24Cl2N2O5S/c1-17-7-9-21(10-8-17)34(30,31)28(20-14-18(25)13-19(26)15-20)16-24(29)27-11-12-33-23-6-4-3-5-22(23)32-2/h3-10,13-15H,11-12,16H2,1-2H3,(H,27,29). The number of nitrogens with one attached hydrogen (secondary N) is 1. The topological polar surface area (TPSA) is 84.9 Å². The summed E-state index contributed by atoms with van der Waals surface area (Å²) in [5, 5.41) is 3.17. The van der Waals surface area contributed by atoms with E-state index in [1.165, 1.54) is 37.4 Å². The molecule has 34 heavy (non-hydrogen) atoms. The van der Waals surface area contributed by atoms with E-state index in [4.69, 9.17) is 32.7 Å². The number of para-hydroxylation sites is 2. The molecule has 0 unspecified atom stereocenters. The molecule has 0 heterocycles. The first-order valence-electron chi connectivity index (χ1n) is 10.3. The van der Waals surface area contributed by atoms with Crippen molar-refractivity contribution in [3.8, 4) is 11.5 Å². The number of carbonyl (C=O) groups excluding carboxylic acids is 1. The van der Waals surface area contributed by atoms with Crippen LogP contribution in [0.1, 0.15) is 5.56 Å². The average Bonchev–Trinajstić information content (AvgIpc) is 2.80. The number of nitrogens with zero attached hydrogens (tertiary/aromatic N) is 1. The van der Waals surface area contributed by atoms with Crippen molar-refractivity contribution in [3.05, 3.63) is 82.3 Å². The second-order valence-corrected chi connectivity index (χ2v) is 10.0. The van der Waals surface area contributed by atoms with Crippen molar-refractivity contribution >= 4 is 44.8 Å². The van der Waals surface area contributed by atoms with Crippen LogP contribution in [0.5, 0.6) is 11.5 Å². The number of aryl methyl sites for hydroxylation is 1. The monoisotopic (exact) mass is 522 g/mol. The molecule has 3 aromatic carbocycles. The molecule has 1 amide bonds. The van der Waals surface area contributed by atoms with Crippen molar-refractivity contribution in [2.45, 2.75) is 11.8 Å². The van der Waals surface area contributed by atoms with Gasteiger partial charge in [-0.25, -0.2) is 8.42 Å². The maximum Gasteiger partial charge on any atom is 0.264 e. The summed E-state index contributed by atoms with van der Waals surface area (Å²) in [6.07, 6.45) is 0. The number of hydrogen-bond acceptors (Lipinski definition) is 5. The number of amides is 1. The predicted molar refractivity (Wildman–Crippen MR) is 134 cm³/mol. The normalized spacial score (nSPS) is 11.1. The molecule has 1 N–H and O–H groups in total. The van der Waals surface area contributed by atoms with E-state index in [0.717, 1.165) is 9.87 Å². The highest BCUT2D eigenvalue weighted by Crippen LogP contribution is 2.30. The highest BCUT2D eigenvalue weighted by atomic mass is 35.5. The minimum atomic E-state index is -4.07. The Kier molecular flexibility index (Phi) is 8.66. The summed E-state index contributed by atoms with van der Waals surface area (Å²) in [6, 6.07) is 17.9. The second-order valence-electron chi connectivity index (χ2n) is 7.30. The zero-order valence-corrected chi connectivity index (χ0v) is 21.0. The summed E-state index contributed by atoms with van der Waals surface area (Å²) in [7, 11) is -2.54. The number of ether oxygens (including phenoxy) is 2. The fraction of sp³-hybridized carbons (Fsp3) is 0.208. The smallest absolute Gasteiger partial charge is 0.264 e. The molecule has 10 heteroatoms. The van der Waals surface area contributed by atoms with Gasteiger partial charge in [0.1, 0.15) is 13.2 Å². The first-order chi connectivity index (χ1) is 16.2. The molecule has 0 aliphatic carbocycles. The first kappa shape index (κ1) is 25.7. The highest BCUT2D eigenvalue weighted by molar-refractivity contribution is 7.92. The molecule has 180 valence electrons. The van der Waals surface area contributed by atoms with Crippen LogP contribution in [0.25, 0.3) is 0 Å². The lowest BCUT2D eigenvalue weighted by Gasteiger charge is -2.24. The maximum absolute atomic E-state index is 13.4. The molecule has 0 fully saturated rings. The molecule has 3 rings (SSSR count). The van der Waals surface area contributed by atoms with E-state index in [2.05, 4.69) is 5.32 Å². The SMILES string of the molecule is COc1ccccc1OCCNC(=O)CN(c1cc(Cl)cc(Cl)c1)S(=O)(=O)c1ccc(C)cc1. The van der Waals surface area contributed by atoms with E-state index in [-0.39, 0.29) is 33.8 Å². The third kappa shape index (κ3) is 6.56. The number of halogens is 2. The predicted octanol–water partition coefficient (Wildman–Crippen LogP) is 4.70. The van der Waals surface area contributed by atoms with Gasteiger partial charge in [0.25, 0.3) is 10.0 Å².